The molecule has 1 atom stereocenters. The number of aromatic nitrogens is 1. The molecule has 3 aromatic rings. The molecular formula is C29H34F2N6. The summed E-state index contributed by atoms with van der Waals surface area (Å²) in [6.45, 7) is 8.66. The molecule has 1 unspecified atom stereocenters. The highest BCUT2D eigenvalue weighted by molar-refractivity contribution is 5.94. The monoisotopic (exact) mass is 504 g/mol. The molecule has 6 nitrogen and oxygen atoms in total. The second-order valence-electron chi connectivity index (χ2n) is 10.7. The minimum atomic E-state index is -0.829. The van der Waals surface area contributed by atoms with Crippen LogP contribution < -0.4 is 16.0 Å². The van der Waals surface area contributed by atoms with Gasteiger partial charge in [-0.1, -0.05) is 6.58 Å². The van der Waals surface area contributed by atoms with E-state index in [1.165, 1.54) is 12.1 Å². The third kappa shape index (κ3) is 4.70. The van der Waals surface area contributed by atoms with Gasteiger partial charge in [0.25, 0.3) is 0 Å². The first-order chi connectivity index (χ1) is 17.9. The molecule has 2 fully saturated rings. The molecule has 0 spiro atoms. The predicted octanol–water partition coefficient (Wildman–Crippen LogP) is 5.34. The molecule has 2 aromatic carbocycles. The lowest BCUT2D eigenvalue weighted by atomic mass is 10.0. The summed E-state index contributed by atoms with van der Waals surface area (Å²) in [5, 5.41) is 4.22. The fourth-order valence-corrected chi connectivity index (χ4v) is 5.61. The van der Waals surface area contributed by atoms with Crippen molar-refractivity contribution < 1.29 is 8.78 Å². The zero-order chi connectivity index (χ0) is 25.7. The van der Waals surface area contributed by atoms with Gasteiger partial charge in [0, 0.05) is 68.5 Å². The van der Waals surface area contributed by atoms with Crippen molar-refractivity contribution in [2.45, 2.75) is 38.3 Å². The number of hydrogen-bond donors (Lipinski definition) is 2. The van der Waals surface area contributed by atoms with E-state index in [2.05, 4.69) is 45.4 Å². The van der Waals surface area contributed by atoms with Crippen LogP contribution in [0.3, 0.4) is 0 Å². The number of halogens is 2. The smallest absolute Gasteiger partial charge is 0.160 e. The van der Waals surface area contributed by atoms with Crippen molar-refractivity contribution in [3.05, 3.63) is 59.8 Å². The van der Waals surface area contributed by atoms with Crippen LogP contribution in [0, 0.1) is 17.6 Å². The lowest BCUT2D eigenvalue weighted by Crippen LogP contribution is -2.41. The second-order valence-corrected chi connectivity index (χ2v) is 10.7. The molecule has 2 aliphatic heterocycles. The Kier molecular flexibility index (Phi) is 6.15. The van der Waals surface area contributed by atoms with Gasteiger partial charge in [-0.2, -0.15) is 0 Å². The van der Waals surface area contributed by atoms with Gasteiger partial charge in [-0.15, -0.1) is 0 Å². The van der Waals surface area contributed by atoms with E-state index >= 15 is 0 Å². The minimum absolute atomic E-state index is 0.160. The zero-order valence-corrected chi connectivity index (χ0v) is 21.3. The molecule has 6 rings (SSSR count). The molecule has 37 heavy (non-hydrogen) atoms. The van der Waals surface area contributed by atoms with Gasteiger partial charge in [-0.3, -0.25) is 4.99 Å². The van der Waals surface area contributed by atoms with Gasteiger partial charge in [0.05, 0.1) is 34.5 Å². The first-order valence-corrected chi connectivity index (χ1v) is 13.2. The van der Waals surface area contributed by atoms with Crippen LogP contribution in [-0.4, -0.2) is 55.0 Å². The predicted molar refractivity (Wildman–Crippen MR) is 148 cm³/mol. The fraction of sp³-hybridized carbons (Fsp3) is 0.414. The summed E-state index contributed by atoms with van der Waals surface area (Å²) >= 11 is 0. The van der Waals surface area contributed by atoms with E-state index in [0.29, 0.717) is 16.8 Å². The van der Waals surface area contributed by atoms with Gasteiger partial charge in [0.1, 0.15) is 0 Å². The number of anilines is 2. The van der Waals surface area contributed by atoms with Crippen LogP contribution in [-0.2, 0) is 6.54 Å². The molecule has 3 N–H and O–H groups in total. The normalized spacial score (nSPS) is 19.9. The molecule has 1 saturated carbocycles. The highest BCUT2D eigenvalue weighted by atomic mass is 19.2. The van der Waals surface area contributed by atoms with Gasteiger partial charge in [-0.25, -0.2) is 8.78 Å². The maximum Gasteiger partial charge on any atom is 0.160 e. The highest BCUT2D eigenvalue weighted by Gasteiger charge is 2.25. The number of nitrogens with one attached hydrogen (secondary N) is 1. The number of hydrogen-bond acceptors (Lipinski definition) is 5. The lowest BCUT2D eigenvalue weighted by Gasteiger charge is -2.35. The summed E-state index contributed by atoms with van der Waals surface area (Å²) in [6.07, 6.45) is 6.25. The van der Waals surface area contributed by atoms with Crippen molar-refractivity contribution in [1.29, 1.82) is 0 Å². The molecular weight excluding hydrogens is 470 g/mol. The van der Waals surface area contributed by atoms with E-state index in [-0.39, 0.29) is 6.04 Å². The summed E-state index contributed by atoms with van der Waals surface area (Å²) in [4.78, 5) is 9.46. The Bertz CT molecular complexity index is 1390. The second kappa shape index (κ2) is 9.49. The Hall–Kier alpha value is -3.39. The van der Waals surface area contributed by atoms with Crippen molar-refractivity contribution in [2.24, 2.45) is 16.6 Å². The third-order valence-corrected chi connectivity index (χ3v) is 7.86. The van der Waals surface area contributed by atoms with Crippen LogP contribution in [0.5, 0.6) is 0 Å². The van der Waals surface area contributed by atoms with E-state index in [9.17, 15) is 8.78 Å². The number of rotatable bonds is 6. The maximum absolute atomic E-state index is 14.1. The number of likely N-dealkylation sites (tertiary alicyclic amines) is 1. The fourth-order valence-electron chi connectivity index (χ4n) is 5.61. The average Bonchev–Trinajstić information content (AvgIpc) is 3.65. The van der Waals surface area contributed by atoms with Crippen molar-refractivity contribution in [3.8, 4) is 0 Å². The first-order valence-electron chi connectivity index (χ1n) is 13.2. The van der Waals surface area contributed by atoms with Gasteiger partial charge in [0.2, 0.25) is 0 Å². The van der Waals surface area contributed by atoms with Crippen molar-refractivity contribution in [3.63, 3.8) is 0 Å². The summed E-state index contributed by atoms with van der Waals surface area (Å²) in [5.41, 5.74) is 12.7. The number of likely N-dealkylation sites (N-methyl/N-ethyl adjacent to an activating group) is 1. The lowest BCUT2D eigenvalue weighted by molar-refractivity contribution is 0.296. The van der Waals surface area contributed by atoms with Gasteiger partial charge in [-0.05, 0) is 55.9 Å². The summed E-state index contributed by atoms with van der Waals surface area (Å²) in [6, 6.07) is 8.89. The average molecular weight is 505 g/mol. The molecule has 3 heterocycles. The number of benzene rings is 2. The quantitative estimate of drug-likeness (QED) is 0.445. The molecule has 0 amide bonds. The largest absolute Gasteiger partial charge is 0.382 e. The molecule has 1 aromatic heterocycles. The van der Waals surface area contributed by atoms with Crippen LogP contribution in [0.2, 0.25) is 0 Å². The van der Waals surface area contributed by atoms with E-state index in [0.717, 1.165) is 92.4 Å². The van der Waals surface area contributed by atoms with Crippen molar-refractivity contribution in [2.75, 3.05) is 43.4 Å². The summed E-state index contributed by atoms with van der Waals surface area (Å²) in [7, 11) is 2.08. The van der Waals surface area contributed by atoms with Gasteiger partial charge in [0.15, 0.2) is 11.6 Å². The first kappa shape index (κ1) is 24.0. The Morgan fingerprint density at radius 1 is 1.14 bits per heavy atom. The minimum Gasteiger partial charge on any atom is -0.382 e. The zero-order valence-electron chi connectivity index (χ0n) is 21.3. The van der Waals surface area contributed by atoms with E-state index in [1.54, 1.807) is 0 Å². The number of fused-ring (bicyclic) bond motifs is 2. The summed E-state index contributed by atoms with van der Waals surface area (Å²) in [5.74, 6) is -1.08. The molecule has 1 aliphatic carbocycles. The van der Waals surface area contributed by atoms with E-state index < -0.39 is 11.6 Å². The van der Waals surface area contributed by atoms with Gasteiger partial charge >= 0.3 is 0 Å². The van der Waals surface area contributed by atoms with Crippen LogP contribution in [0.15, 0.2) is 41.9 Å². The van der Waals surface area contributed by atoms with Crippen molar-refractivity contribution >= 4 is 39.9 Å². The van der Waals surface area contributed by atoms with E-state index in [1.807, 2.05) is 12.3 Å². The van der Waals surface area contributed by atoms with E-state index in [4.69, 9.17) is 10.7 Å². The van der Waals surface area contributed by atoms with Crippen LogP contribution in [0.25, 0.3) is 16.6 Å². The van der Waals surface area contributed by atoms with Crippen LogP contribution in [0.4, 0.5) is 25.8 Å². The maximum atomic E-state index is 14.1. The Balaban J connectivity index is 1.41. The molecule has 0 bridgehead atoms. The Morgan fingerprint density at radius 3 is 2.73 bits per heavy atom. The number of aliphatic imine (C=N–C) groups is 1. The SMILES string of the molecule is C=C(c1cc(/N=C/c2cc3cc(F)c(F)cc3n2CC2CC2)c2c(c1)NCCN2C)N1CCCC(N)C1. The highest BCUT2D eigenvalue weighted by Crippen LogP contribution is 2.41. The third-order valence-electron chi connectivity index (χ3n) is 7.86. The van der Waals surface area contributed by atoms with Crippen LogP contribution >= 0.6 is 0 Å². The van der Waals surface area contributed by atoms with Gasteiger partial charge < -0.3 is 25.4 Å². The van der Waals surface area contributed by atoms with Crippen molar-refractivity contribution in [1.82, 2.24) is 9.47 Å². The standard InChI is InChI=1S/C29H34F2N6/c1-18(36-8-3-4-22(32)17-36)20-12-26-29(35(2)9-7-33-26)27(13-20)34-15-23-10-21-11-24(30)25(31)14-28(21)37(23)16-19-5-6-19/h10-15,19,22,33H,1,3-9,16-17,32H2,2H3/b34-15+. The summed E-state index contributed by atoms with van der Waals surface area (Å²) < 4.78 is 30.2. The number of nitrogens with two attached hydrogens (primary N) is 1. The molecule has 0 radical (unpaired) electrons. The molecule has 3 aliphatic rings. The topological polar surface area (TPSA) is 61.8 Å². The molecule has 194 valence electrons. The number of piperidine rings is 1. The Labute approximate surface area is 216 Å². The Morgan fingerprint density at radius 2 is 1.95 bits per heavy atom. The van der Waals surface area contributed by atoms with Crippen LogP contribution in [0.1, 0.15) is 36.9 Å². The molecule has 8 heteroatoms. The molecule has 1 saturated heterocycles. The number of nitrogens with zero attached hydrogens (tertiary/aromatic N) is 4.